The first-order chi connectivity index (χ1) is 17.5. The third kappa shape index (κ3) is 4.99. The maximum atomic E-state index is 13.6. The second-order valence-corrected chi connectivity index (χ2v) is 10.0. The normalized spacial score (nSPS) is 11.9. The van der Waals surface area contributed by atoms with Gasteiger partial charge in [0, 0.05) is 31.1 Å². The molecule has 0 aliphatic carbocycles. The van der Waals surface area contributed by atoms with Crippen molar-refractivity contribution in [3.63, 3.8) is 0 Å². The highest BCUT2D eigenvalue weighted by Gasteiger charge is 2.16. The van der Waals surface area contributed by atoms with Crippen molar-refractivity contribution in [2.75, 3.05) is 18.5 Å². The number of carbonyl (C=O) groups is 2. The van der Waals surface area contributed by atoms with E-state index in [4.69, 9.17) is 9.72 Å². The van der Waals surface area contributed by atoms with E-state index in [1.54, 1.807) is 11.3 Å². The van der Waals surface area contributed by atoms with Crippen molar-refractivity contribution in [1.82, 2.24) is 9.55 Å². The van der Waals surface area contributed by atoms with Crippen LogP contribution in [0.2, 0.25) is 0 Å². The molecule has 182 valence electrons. The summed E-state index contributed by atoms with van der Waals surface area (Å²) in [4.78, 5) is 36.1. The van der Waals surface area contributed by atoms with Gasteiger partial charge in [-0.2, -0.15) is 4.99 Å². The predicted octanol–water partition coefficient (Wildman–Crippen LogP) is 5.72. The summed E-state index contributed by atoms with van der Waals surface area (Å²) in [5.41, 5.74) is 3.65. The zero-order valence-electron chi connectivity index (χ0n) is 19.9. The quantitative estimate of drug-likeness (QED) is 0.281. The summed E-state index contributed by atoms with van der Waals surface area (Å²) in [7, 11) is 0. The molecular formula is C27H24N4O3S2. The van der Waals surface area contributed by atoms with Crippen molar-refractivity contribution in [2.45, 2.75) is 20.4 Å². The van der Waals surface area contributed by atoms with Crippen LogP contribution >= 0.6 is 22.7 Å². The Hall–Kier alpha value is -3.66. The van der Waals surface area contributed by atoms with Gasteiger partial charge in [0.2, 0.25) is 5.91 Å². The third-order valence-corrected chi connectivity index (χ3v) is 7.52. The largest absolute Gasteiger partial charge is 0.380 e. The predicted molar refractivity (Wildman–Crippen MR) is 146 cm³/mol. The van der Waals surface area contributed by atoms with E-state index in [1.807, 2.05) is 77.5 Å². The molecule has 0 aliphatic heterocycles. The number of amides is 2. The van der Waals surface area contributed by atoms with E-state index in [0.29, 0.717) is 35.8 Å². The maximum Gasteiger partial charge on any atom is 0.280 e. The Kier molecular flexibility index (Phi) is 7.04. The van der Waals surface area contributed by atoms with E-state index in [0.717, 1.165) is 31.7 Å². The highest BCUT2D eigenvalue weighted by Crippen LogP contribution is 2.28. The molecule has 0 saturated heterocycles. The van der Waals surface area contributed by atoms with Crippen molar-refractivity contribution in [1.29, 1.82) is 0 Å². The molecular weight excluding hydrogens is 492 g/mol. The van der Waals surface area contributed by atoms with Crippen LogP contribution in [-0.2, 0) is 16.1 Å². The van der Waals surface area contributed by atoms with Gasteiger partial charge in [-0.3, -0.25) is 9.59 Å². The lowest BCUT2D eigenvalue weighted by atomic mass is 10.1. The number of thiophene rings is 1. The number of carbonyl (C=O) groups excluding carboxylic acids is 2. The van der Waals surface area contributed by atoms with Gasteiger partial charge in [-0.1, -0.05) is 35.6 Å². The molecule has 3 aromatic heterocycles. The van der Waals surface area contributed by atoms with E-state index >= 15 is 0 Å². The lowest BCUT2D eigenvalue weighted by molar-refractivity contribution is -0.114. The van der Waals surface area contributed by atoms with Gasteiger partial charge in [-0.25, -0.2) is 4.98 Å². The fourth-order valence-electron chi connectivity index (χ4n) is 4.01. The molecule has 0 bridgehead atoms. The van der Waals surface area contributed by atoms with Gasteiger partial charge in [-0.05, 0) is 48.7 Å². The molecule has 0 aliphatic rings. The number of nitrogens with zero attached hydrogens (tertiary/aromatic N) is 3. The smallest absolute Gasteiger partial charge is 0.280 e. The minimum absolute atomic E-state index is 0.138. The molecule has 0 radical (unpaired) electrons. The standard InChI is InChI=1S/C27H24N4O3S2/c1-3-34-13-12-31-23-11-10-18(28-17(2)32)15-25(23)36-27(31)30-26(33)20-16-22(24-9-6-14-35-24)29-21-8-5-4-7-19(20)21/h4-11,14-16H,3,12-13H2,1-2H3,(H,28,32). The highest BCUT2D eigenvalue weighted by atomic mass is 32.1. The minimum atomic E-state index is -0.329. The van der Waals surface area contributed by atoms with Gasteiger partial charge in [0.15, 0.2) is 4.80 Å². The molecule has 2 aromatic carbocycles. The number of thiazole rings is 1. The summed E-state index contributed by atoms with van der Waals surface area (Å²) >= 11 is 2.99. The van der Waals surface area contributed by atoms with Crippen LogP contribution in [0.15, 0.2) is 71.0 Å². The second-order valence-electron chi connectivity index (χ2n) is 8.06. The number of ether oxygens (including phenoxy) is 1. The zero-order valence-corrected chi connectivity index (χ0v) is 21.5. The molecule has 36 heavy (non-hydrogen) atoms. The Morgan fingerprint density at radius 2 is 1.97 bits per heavy atom. The van der Waals surface area contributed by atoms with Crippen LogP contribution in [0.1, 0.15) is 24.2 Å². The Morgan fingerprint density at radius 1 is 1.11 bits per heavy atom. The number of aromatic nitrogens is 2. The lowest BCUT2D eigenvalue weighted by Gasteiger charge is -2.08. The van der Waals surface area contributed by atoms with E-state index in [9.17, 15) is 9.59 Å². The topological polar surface area (TPSA) is 85.6 Å². The summed E-state index contributed by atoms with van der Waals surface area (Å²) < 4.78 is 8.50. The number of hydrogen-bond donors (Lipinski definition) is 1. The molecule has 5 aromatic rings. The summed E-state index contributed by atoms with van der Waals surface area (Å²) in [5.74, 6) is -0.466. The number of para-hydroxylation sites is 1. The van der Waals surface area contributed by atoms with Gasteiger partial charge in [-0.15, -0.1) is 11.3 Å². The molecule has 0 spiro atoms. The molecule has 7 nitrogen and oxygen atoms in total. The average Bonchev–Trinajstić information content (AvgIpc) is 3.51. The first kappa shape index (κ1) is 24.1. The Bertz CT molecular complexity index is 1630. The number of pyridine rings is 1. The molecule has 0 saturated carbocycles. The molecule has 9 heteroatoms. The van der Waals surface area contributed by atoms with E-state index in [2.05, 4.69) is 10.3 Å². The number of nitrogens with one attached hydrogen (secondary N) is 1. The molecule has 1 N–H and O–H groups in total. The summed E-state index contributed by atoms with van der Waals surface area (Å²) in [6.45, 7) is 5.08. The van der Waals surface area contributed by atoms with Crippen molar-refractivity contribution in [3.8, 4) is 10.6 Å². The van der Waals surface area contributed by atoms with Crippen LogP contribution in [-0.4, -0.2) is 34.6 Å². The fourth-order valence-corrected chi connectivity index (χ4v) is 5.79. The van der Waals surface area contributed by atoms with Crippen molar-refractivity contribution < 1.29 is 14.3 Å². The zero-order chi connectivity index (χ0) is 25.1. The van der Waals surface area contributed by atoms with Crippen LogP contribution in [0.4, 0.5) is 5.69 Å². The van der Waals surface area contributed by atoms with Crippen molar-refractivity contribution >= 4 is 61.3 Å². The average molecular weight is 517 g/mol. The lowest BCUT2D eigenvalue weighted by Crippen LogP contribution is -2.20. The van der Waals surface area contributed by atoms with Gasteiger partial charge >= 0.3 is 0 Å². The Morgan fingerprint density at radius 3 is 2.75 bits per heavy atom. The van der Waals surface area contributed by atoms with Gasteiger partial charge < -0.3 is 14.6 Å². The number of rotatable bonds is 7. The van der Waals surface area contributed by atoms with Crippen molar-refractivity contribution in [3.05, 3.63) is 76.4 Å². The summed E-state index contributed by atoms with van der Waals surface area (Å²) in [5, 5.41) is 5.57. The SMILES string of the molecule is CCOCCn1c(=NC(=O)c2cc(-c3cccs3)nc3ccccc23)sc2cc(NC(C)=O)ccc21. The number of fused-ring (bicyclic) bond motifs is 2. The van der Waals surface area contributed by atoms with Crippen molar-refractivity contribution in [2.24, 2.45) is 4.99 Å². The Labute approximate surface area is 215 Å². The monoisotopic (exact) mass is 516 g/mol. The first-order valence-electron chi connectivity index (χ1n) is 11.5. The van der Waals surface area contributed by atoms with Crippen LogP contribution in [0.25, 0.3) is 31.7 Å². The molecule has 5 rings (SSSR count). The van der Waals surface area contributed by atoms with E-state index < -0.39 is 0 Å². The van der Waals surface area contributed by atoms with Gasteiger partial charge in [0.25, 0.3) is 5.91 Å². The van der Waals surface area contributed by atoms with Crippen LogP contribution in [0.5, 0.6) is 0 Å². The number of anilines is 1. The maximum absolute atomic E-state index is 13.6. The molecule has 0 atom stereocenters. The number of benzene rings is 2. The van der Waals surface area contributed by atoms with Gasteiger partial charge in [0.05, 0.1) is 38.5 Å². The number of hydrogen-bond acceptors (Lipinski definition) is 6. The first-order valence-corrected chi connectivity index (χ1v) is 13.2. The summed E-state index contributed by atoms with van der Waals surface area (Å²) in [6.07, 6.45) is 0. The van der Waals surface area contributed by atoms with Crippen LogP contribution < -0.4 is 10.1 Å². The molecule has 2 amide bonds. The van der Waals surface area contributed by atoms with Crippen LogP contribution in [0, 0.1) is 0 Å². The fraction of sp³-hybridized carbons (Fsp3) is 0.185. The molecule has 3 heterocycles. The van der Waals surface area contributed by atoms with Crippen LogP contribution in [0.3, 0.4) is 0 Å². The van der Waals surface area contributed by atoms with E-state index in [-0.39, 0.29) is 11.8 Å². The third-order valence-electron chi connectivity index (χ3n) is 5.58. The Balaban J connectivity index is 1.64. The highest BCUT2D eigenvalue weighted by molar-refractivity contribution is 7.16. The van der Waals surface area contributed by atoms with Gasteiger partial charge in [0.1, 0.15) is 0 Å². The molecule has 0 fully saturated rings. The second kappa shape index (κ2) is 10.5. The van der Waals surface area contributed by atoms with E-state index in [1.165, 1.54) is 18.3 Å². The molecule has 0 unspecified atom stereocenters. The minimum Gasteiger partial charge on any atom is -0.380 e. The summed E-state index contributed by atoms with van der Waals surface area (Å²) in [6, 6.07) is 19.1.